The lowest BCUT2D eigenvalue weighted by atomic mass is 9.96. The number of halogens is 1. The lowest BCUT2D eigenvalue weighted by Gasteiger charge is -2.15. The Morgan fingerprint density at radius 2 is 2.13 bits per heavy atom. The Hall–Kier alpha value is -1.70. The van der Waals surface area contributed by atoms with Gasteiger partial charge in [0.2, 0.25) is 10.0 Å². The summed E-state index contributed by atoms with van der Waals surface area (Å²) in [6.45, 7) is 0.359. The molecule has 0 radical (unpaired) electrons. The van der Waals surface area contributed by atoms with Crippen LogP contribution in [0.4, 0.5) is 4.39 Å². The topological polar surface area (TPSA) is 62.0 Å². The molecule has 4 nitrogen and oxygen atoms in total. The van der Waals surface area contributed by atoms with Gasteiger partial charge in [0.05, 0.1) is 0 Å². The molecular formula is C16H15FN2O2S2. The monoisotopic (exact) mass is 350 g/mol. The zero-order valence-electron chi connectivity index (χ0n) is 12.2. The Labute approximate surface area is 137 Å². The van der Waals surface area contributed by atoms with E-state index in [4.69, 9.17) is 0 Å². The number of H-pyrrole nitrogens is 1. The number of hydrogen-bond donors (Lipinski definition) is 2. The molecule has 2 heterocycles. The van der Waals surface area contributed by atoms with Crippen LogP contribution in [-0.2, 0) is 15.4 Å². The van der Waals surface area contributed by atoms with Gasteiger partial charge in [0, 0.05) is 29.1 Å². The first kappa shape index (κ1) is 14.9. The minimum Gasteiger partial charge on any atom is -0.361 e. The molecule has 1 aliphatic carbocycles. The van der Waals surface area contributed by atoms with Crippen molar-refractivity contribution in [2.45, 2.75) is 22.5 Å². The van der Waals surface area contributed by atoms with Gasteiger partial charge in [0.15, 0.2) is 0 Å². The maximum Gasteiger partial charge on any atom is 0.250 e. The number of benzene rings is 1. The van der Waals surface area contributed by atoms with Gasteiger partial charge in [-0.15, -0.1) is 11.3 Å². The molecule has 0 bridgehead atoms. The van der Waals surface area contributed by atoms with Crippen LogP contribution >= 0.6 is 11.3 Å². The second-order valence-corrected chi connectivity index (χ2v) is 8.87. The van der Waals surface area contributed by atoms with Crippen LogP contribution in [0.15, 0.2) is 46.1 Å². The van der Waals surface area contributed by atoms with Crippen molar-refractivity contribution in [2.75, 3.05) is 6.54 Å². The number of aromatic amines is 1. The molecule has 0 amide bonds. The van der Waals surface area contributed by atoms with Crippen LogP contribution in [0.25, 0.3) is 10.9 Å². The van der Waals surface area contributed by atoms with Crippen molar-refractivity contribution in [1.82, 2.24) is 9.71 Å². The normalized spacial score (nSPS) is 16.7. The highest BCUT2D eigenvalue weighted by Gasteiger charge is 2.46. The molecule has 120 valence electrons. The van der Waals surface area contributed by atoms with E-state index in [2.05, 4.69) is 9.71 Å². The van der Waals surface area contributed by atoms with E-state index in [-0.39, 0.29) is 11.2 Å². The van der Waals surface area contributed by atoms with Crippen molar-refractivity contribution in [3.05, 3.63) is 53.3 Å². The van der Waals surface area contributed by atoms with E-state index in [0.717, 1.165) is 29.3 Å². The van der Waals surface area contributed by atoms with Crippen molar-refractivity contribution in [1.29, 1.82) is 0 Å². The molecule has 7 heteroatoms. The number of nitrogens with one attached hydrogen (secondary N) is 2. The van der Waals surface area contributed by atoms with Crippen LogP contribution < -0.4 is 4.72 Å². The van der Waals surface area contributed by atoms with Crippen molar-refractivity contribution in [3.63, 3.8) is 0 Å². The van der Waals surface area contributed by atoms with Crippen molar-refractivity contribution < 1.29 is 12.8 Å². The average molecular weight is 350 g/mol. The minimum atomic E-state index is -3.46. The van der Waals surface area contributed by atoms with Gasteiger partial charge >= 0.3 is 0 Å². The first-order valence-electron chi connectivity index (χ1n) is 7.31. The first-order valence-corrected chi connectivity index (χ1v) is 9.67. The van der Waals surface area contributed by atoms with E-state index in [0.29, 0.717) is 10.8 Å². The van der Waals surface area contributed by atoms with Crippen LogP contribution in [0.3, 0.4) is 0 Å². The van der Waals surface area contributed by atoms with Gasteiger partial charge in [0.25, 0.3) is 0 Å². The van der Waals surface area contributed by atoms with Gasteiger partial charge in [-0.2, -0.15) is 0 Å². The SMILES string of the molecule is O=S(=O)(NCC1(c2c[nH]c3cc(F)ccc23)CC1)c1cccs1. The van der Waals surface area contributed by atoms with E-state index in [1.807, 2.05) is 6.20 Å². The summed E-state index contributed by atoms with van der Waals surface area (Å²) in [5, 5.41) is 2.70. The highest BCUT2D eigenvalue weighted by Crippen LogP contribution is 2.50. The number of sulfonamides is 1. The predicted octanol–water partition coefficient (Wildman–Crippen LogP) is 3.38. The Bertz CT molecular complexity index is 957. The maximum absolute atomic E-state index is 13.3. The molecule has 0 unspecified atom stereocenters. The molecule has 0 aliphatic heterocycles. The third kappa shape index (κ3) is 2.58. The van der Waals surface area contributed by atoms with Gasteiger partial charge in [-0.1, -0.05) is 6.07 Å². The Morgan fingerprint density at radius 1 is 1.30 bits per heavy atom. The third-order valence-electron chi connectivity index (χ3n) is 4.43. The zero-order chi connectivity index (χ0) is 16.1. The molecule has 1 aliphatic rings. The summed E-state index contributed by atoms with van der Waals surface area (Å²) in [7, 11) is -3.46. The molecule has 1 saturated carbocycles. The summed E-state index contributed by atoms with van der Waals surface area (Å²) in [5.41, 5.74) is 1.61. The molecule has 1 fully saturated rings. The first-order chi connectivity index (χ1) is 11.0. The molecule has 0 atom stereocenters. The standard InChI is InChI=1S/C16H15FN2O2S2/c17-11-3-4-12-13(9-18-14(12)8-11)16(5-6-16)10-19-23(20,21)15-2-1-7-22-15/h1-4,7-9,18-19H,5-6,10H2. The average Bonchev–Trinajstić information content (AvgIpc) is 2.95. The Morgan fingerprint density at radius 3 is 2.83 bits per heavy atom. The van der Waals surface area contributed by atoms with Gasteiger partial charge in [0.1, 0.15) is 10.0 Å². The molecule has 2 N–H and O–H groups in total. The van der Waals surface area contributed by atoms with E-state index >= 15 is 0 Å². The fourth-order valence-corrected chi connectivity index (χ4v) is 5.11. The van der Waals surface area contributed by atoms with Crippen molar-refractivity contribution in [3.8, 4) is 0 Å². The number of rotatable bonds is 5. The van der Waals surface area contributed by atoms with Crippen molar-refractivity contribution in [2.24, 2.45) is 0 Å². The van der Waals surface area contributed by atoms with Gasteiger partial charge in [-0.05, 0) is 48.1 Å². The number of hydrogen-bond acceptors (Lipinski definition) is 3. The molecular weight excluding hydrogens is 335 g/mol. The highest BCUT2D eigenvalue weighted by atomic mass is 32.2. The largest absolute Gasteiger partial charge is 0.361 e. The van der Waals surface area contributed by atoms with E-state index in [9.17, 15) is 12.8 Å². The van der Waals surface area contributed by atoms with Crippen LogP contribution in [0, 0.1) is 5.82 Å². The smallest absolute Gasteiger partial charge is 0.250 e. The van der Waals surface area contributed by atoms with Gasteiger partial charge in [-0.3, -0.25) is 0 Å². The molecule has 4 rings (SSSR count). The summed E-state index contributed by atoms with van der Waals surface area (Å²) in [6.07, 6.45) is 3.71. The molecule has 2 aromatic heterocycles. The van der Waals surface area contributed by atoms with Gasteiger partial charge < -0.3 is 4.98 Å². The van der Waals surface area contributed by atoms with Crippen molar-refractivity contribution >= 4 is 32.3 Å². The van der Waals surface area contributed by atoms with Crippen LogP contribution in [-0.4, -0.2) is 19.9 Å². The summed E-state index contributed by atoms with van der Waals surface area (Å²) < 4.78 is 40.9. The molecule has 23 heavy (non-hydrogen) atoms. The molecule has 3 aromatic rings. The van der Waals surface area contributed by atoms with E-state index in [1.165, 1.54) is 23.5 Å². The third-order valence-corrected chi connectivity index (χ3v) is 7.23. The fraction of sp³-hybridized carbons (Fsp3) is 0.250. The van der Waals surface area contributed by atoms with E-state index < -0.39 is 10.0 Å². The van der Waals surface area contributed by atoms with Crippen LogP contribution in [0.5, 0.6) is 0 Å². The number of fused-ring (bicyclic) bond motifs is 1. The second kappa shape index (κ2) is 5.15. The Kier molecular flexibility index (Phi) is 3.33. The number of thiophene rings is 1. The molecule has 0 saturated heterocycles. The second-order valence-electron chi connectivity index (χ2n) is 5.93. The highest BCUT2D eigenvalue weighted by molar-refractivity contribution is 7.91. The summed E-state index contributed by atoms with van der Waals surface area (Å²) in [4.78, 5) is 3.08. The van der Waals surface area contributed by atoms with Crippen LogP contribution in [0.1, 0.15) is 18.4 Å². The Balaban J connectivity index is 1.61. The quantitative estimate of drug-likeness (QED) is 0.741. The lowest BCUT2D eigenvalue weighted by Crippen LogP contribution is -2.31. The fourth-order valence-electron chi connectivity index (χ4n) is 2.95. The minimum absolute atomic E-state index is 0.194. The summed E-state index contributed by atoms with van der Waals surface area (Å²) >= 11 is 1.20. The predicted molar refractivity (Wildman–Crippen MR) is 88.7 cm³/mol. The zero-order valence-corrected chi connectivity index (χ0v) is 13.8. The summed E-state index contributed by atoms with van der Waals surface area (Å²) in [5.74, 6) is -0.283. The summed E-state index contributed by atoms with van der Waals surface area (Å²) in [6, 6.07) is 7.97. The maximum atomic E-state index is 13.3. The molecule has 1 aromatic carbocycles. The lowest BCUT2D eigenvalue weighted by molar-refractivity contribution is 0.570. The number of aromatic nitrogens is 1. The van der Waals surface area contributed by atoms with E-state index in [1.54, 1.807) is 23.6 Å². The van der Waals surface area contributed by atoms with Crippen LogP contribution in [0.2, 0.25) is 0 Å². The molecule has 0 spiro atoms. The van der Waals surface area contributed by atoms with Gasteiger partial charge in [-0.25, -0.2) is 17.5 Å².